The number of fused-ring (bicyclic) bond motifs is 1. The van der Waals surface area contributed by atoms with Gasteiger partial charge >= 0.3 is 0 Å². The molecule has 0 aliphatic rings. The Labute approximate surface area is 168 Å². The maximum absolute atomic E-state index is 12.2. The van der Waals surface area contributed by atoms with E-state index >= 15 is 0 Å². The van der Waals surface area contributed by atoms with Crippen LogP contribution in [0.25, 0.3) is 22.2 Å². The Morgan fingerprint density at radius 2 is 1.86 bits per heavy atom. The zero-order valence-electron chi connectivity index (χ0n) is 16.9. The van der Waals surface area contributed by atoms with Gasteiger partial charge in [-0.15, -0.1) is 0 Å². The minimum Gasteiger partial charge on any atom is -0.369 e. The van der Waals surface area contributed by atoms with Gasteiger partial charge in [0.05, 0.1) is 0 Å². The second-order valence-electron chi connectivity index (χ2n) is 8.27. The standard InChI is InChI=1S/C22H23N5O2/c1-12-16-9-15(11-24-21(16)26-25-12)13-5-7-14(8-6-13)19(20(23)28)17-10-18(29-27-17)22(2,3)4/h5-11,19H,1-4H3,(H2,23,28)(H,24,25,26). The molecule has 0 fully saturated rings. The van der Waals surface area contributed by atoms with E-state index in [0.717, 1.165) is 27.8 Å². The first-order chi connectivity index (χ1) is 13.7. The predicted octanol–water partition coefficient (Wildman–Crippen LogP) is 3.84. The molecule has 1 aromatic carbocycles. The van der Waals surface area contributed by atoms with Crippen molar-refractivity contribution in [3.63, 3.8) is 0 Å². The fourth-order valence-corrected chi connectivity index (χ4v) is 3.30. The monoisotopic (exact) mass is 389 g/mol. The summed E-state index contributed by atoms with van der Waals surface area (Å²) in [5, 5.41) is 12.2. The van der Waals surface area contributed by atoms with Gasteiger partial charge in [-0.05, 0) is 24.1 Å². The second kappa shape index (κ2) is 6.84. The summed E-state index contributed by atoms with van der Waals surface area (Å²) in [6.45, 7) is 8.04. The van der Waals surface area contributed by atoms with E-state index in [-0.39, 0.29) is 5.41 Å². The summed E-state index contributed by atoms with van der Waals surface area (Å²) < 4.78 is 5.44. The maximum Gasteiger partial charge on any atom is 0.231 e. The number of H-pyrrole nitrogens is 1. The highest BCUT2D eigenvalue weighted by atomic mass is 16.5. The fraction of sp³-hybridized carbons (Fsp3) is 0.273. The molecule has 0 aliphatic heterocycles. The van der Waals surface area contributed by atoms with Gasteiger partial charge in [0.1, 0.15) is 17.4 Å². The van der Waals surface area contributed by atoms with E-state index in [1.165, 1.54) is 0 Å². The number of nitrogens with zero attached hydrogens (tertiary/aromatic N) is 3. The zero-order chi connectivity index (χ0) is 20.8. The van der Waals surface area contributed by atoms with Crippen molar-refractivity contribution in [3.8, 4) is 11.1 Å². The lowest BCUT2D eigenvalue weighted by Crippen LogP contribution is -2.22. The van der Waals surface area contributed by atoms with Crippen molar-refractivity contribution in [3.05, 3.63) is 65.3 Å². The lowest BCUT2D eigenvalue weighted by Gasteiger charge is -2.13. The van der Waals surface area contributed by atoms with Gasteiger partial charge in [0.15, 0.2) is 5.65 Å². The van der Waals surface area contributed by atoms with Crippen LogP contribution in [-0.4, -0.2) is 26.2 Å². The number of pyridine rings is 1. The second-order valence-corrected chi connectivity index (χ2v) is 8.27. The Morgan fingerprint density at radius 1 is 1.14 bits per heavy atom. The number of primary amides is 1. The van der Waals surface area contributed by atoms with E-state index < -0.39 is 11.8 Å². The van der Waals surface area contributed by atoms with Crippen LogP contribution < -0.4 is 5.73 Å². The van der Waals surface area contributed by atoms with E-state index in [0.29, 0.717) is 17.1 Å². The summed E-state index contributed by atoms with van der Waals surface area (Å²) in [4.78, 5) is 16.6. The van der Waals surface area contributed by atoms with Gasteiger partial charge in [0, 0.05) is 34.3 Å². The molecule has 1 unspecified atom stereocenters. The van der Waals surface area contributed by atoms with Gasteiger partial charge < -0.3 is 10.3 Å². The first-order valence-electron chi connectivity index (χ1n) is 9.41. The van der Waals surface area contributed by atoms with Gasteiger partial charge in [0.2, 0.25) is 5.91 Å². The van der Waals surface area contributed by atoms with E-state index in [9.17, 15) is 4.79 Å². The fourth-order valence-electron chi connectivity index (χ4n) is 3.30. The number of nitrogens with one attached hydrogen (secondary N) is 1. The van der Waals surface area contributed by atoms with E-state index in [2.05, 4.69) is 26.4 Å². The quantitative estimate of drug-likeness (QED) is 0.551. The Kier molecular flexibility index (Phi) is 4.45. The van der Waals surface area contributed by atoms with Crippen molar-refractivity contribution < 1.29 is 9.32 Å². The SMILES string of the molecule is Cc1[nH]nc2ncc(-c3ccc(C(C(N)=O)c4cc(C(C)(C)C)on4)cc3)cc12. The summed E-state index contributed by atoms with van der Waals surface area (Å²) in [5.74, 6) is -0.422. The molecule has 0 aliphatic carbocycles. The van der Waals surface area contributed by atoms with E-state index in [4.69, 9.17) is 10.3 Å². The molecule has 0 radical (unpaired) electrons. The van der Waals surface area contributed by atoms with Gasteiger partial charge in [-0.3, -0.25) is 9.89 Å². The topological polar surface area (TPSA) is 111 Å². The largest absolute Gasteiger partial charge is 0.369 e. The molecule has 3 aromatic heterocycles. The number of amides is 1. The van der Waals surface area contributed by atoms with Gasteiger partial charge in [0.25, 0.3) is 0 Å². The summed E-state index contributed by atoms with van der Waals surface area (Å²) in [6.07, 6.45) is 1.79. The molecule has 7 nitrogen and oxygen atoms in total. The number of aryl methyl sites for hydroxylation is 1. The Balaban J connectivity index is 1.68. The lowest BCUT2D eigenvalue weighted by molar-refractivity contribution is -0.118. The van der Waals surface area contributed by atoms with Crippen LogP contribution in [0.15, 0.2) is 47.1 Å². The number of hydrogen-bond donors (Lipinski definition) is 2. The van der Waals surface area contributed by atoms with Crippen LogP contribution in [0.2, 0.25) is 0 Å². The van der Waals surface area contributed by atoms with Crippen LogP contribution >= 0.6 is 0 Å². The van der Waals surface area contributed by atoms with Crippen molar-refractivity contribution >= 4 is 16.9 Å². The number of nitrogens with two attached hydrogens (primary N) is 1. The van der Waals surface area contributed by atoms with Crippen molar-refractivity contribution in [1.29, 1.82) is 0 Å². The molecule has 0 saturated carbocycles. The minimum absolute atomic E-state index is 0.200. The first-order valence-corrected chi connectivity index (χ1v) is 9.41. The number of carbonyl (C=O) groups is 1. The molecule has 1 amide bonds. The predicted molar refractivity (Wildman–Crippen MR) is 110 cm³/mol. The van der Waals surface area contributed by atoms with E-state index in [1.54, 1.807) is 6.20 Å². The molecular formula is C22H23N5O2. The minimum atomic E-state index is -0.666. The molecule has 3 heterocycles. The number of aromatic nitrogens is 4. The number of rotatable bonds is 4. The lowest BCUT2D eigenvalue weighted by atomic mass is 9.89. The summed E-state index contributed by atoms with van der Waals surface area (Å²) >= 11 is 0. The normalized spacial score (nSPS) is 13.0. The van der Waals surface area contributed by atoms with Crippen LogP contribution in [0.4, 0.5) is 0 Å². The van der Waals surface area contributed by atoms with Crippen LogP contribution in [-0.2, 0) is 10.2 Å². The summed E-state index contributed by atoms with van der Waals surface area (Å²) in [7, 11) is 0. The molecule has 29 heavy (non-hydrogen) atoms. The molecular weight excluding hydrogens is 366 g/mol. The zero-order valence-corrected chi connectivity index (χ0v) is 16.9. The van der Waals surface area contributed by atoms with Crippen molar-refractivity contribution in [1.82, 2.24) is 20.3 Å². The highest BCUT2D eigenvalue weighted by molar-refractivity contribution is 5.86. The molecule has 7 heteroatoms. The Morgan fingerprint density at radius 3 is 2.48 bits per heavy atom. The van der Waals surface area contributed by atoms with Gasteiger partial charge in [-0.2, -0.15) is 5.10 Å². The third-order valence-corrected chi connectivity index (χ3v) is 5.03. The molecule has 4 aromatic rings. The molecule has 3 N–H and O–H groups in total. The first kappa shape index (κ1) is 18.9. The molecule has 0 saturated heterocycles. The molecule has 148 valence electrons. The maximum atomic E-state index is 12.2. The molecule has 1 atom stereocenters. The number of aromatic amines is 1. The van der Waals surface area contributed by atoms with Gasteiger partial charge in [-0.25, -0.2) is 4.98 Å². The van der Waals surface area contributed by atoms with Crippen LogP contribution in [0.1, 0.15) is 49.4 Å². The van der Waals surface area contributed by atoms with Crippen molar-refractivity contribution in [2.45, 2.75) is 39.0 Å². The number of hydrogen-bond acceptors (Lipinski definition) is 5. The van der Waals surface area contributed by atoms with Crippen LogP contribution in [0, 0.1) is 6.92 Å². The highest BCUT2D eigenvalue weighted by Crippen LogP contribution is 2.31. The van der Waals surface area contributed by atoms with Crippen LogP contribution in [0.3, 0.4) is 0 Å². The number of benzene rings is 1. The Hall–Kier alpha value is -3.48. The molecule has 0 bridgehead atoms. The Bertz CT molecular complexity index is 1180. The third-order valence-electron chi connectivity index (χ3n) is 5.03. The molecule has 0 spiro atoms. The third kappa shape index (κ3) is 3.51. The van der Waals surface area contributed by atoms with Gasteiger partial charge in [-0.1, -0.05) is 50.2 Å². The average Bonchev–Trinajstić information content (AvgIpc) is 3.30. The highest BCUT2D eigenvalue weighted by Gasteiger charge is 2.27. The number of carbonyl (C=O) groups excluding carboxylic acids is 1. The molecule has 4 rings (SSSR count). The smallest absolute Gasteiger partial charge is 0.231 e. The van der Waals surface area contributed by atoms with E-state index in [1.807, 2.05) is 58.0 Å². The summed E-state index contributed by atoms with van der Waals surface area (Å²) in [5.41, 5.74) is 10.4. The average molecular weight is 389 g/mol. The van der Waals surface area contributed by atoms with Crippen molar-refractivity contribution in [2.24, 2.45) is 5.73 Å². The summed E-state index contributed by atoms with van der Waals surface area (Å²) in [6, 6.07) is 11.5. The van der Waals surface area contributed by atoms with Crippen LogP contribution in [0.5, 0.6) is 0 Å². The van der Waals surface area contributed by atoms with Crippen molar-refractivity contribution in [2.75, 3.05) is 0 Å².